The van der Waals surface area contributed by atoms with Crippen molar-refractivity contribution in [2.75, 3.05) is 51.9 Å². The Morgan fingerprint density at radius 2 is 1.65 bits per heavy atom. The normalized spacial score (nSPS) is 16.7. The lowest BCUT2D eigenvalue weighted by Crippen LogP contribution is -2.42. The van der Waals surface area contributed by atoms with Crippen molar-refractivity contribution in [3.63, 3.8) is 0 Å². The zero-order valence-electron chi connectivity index (χ0n) is 18.8. The Bertz CT molecular complexity index is 1020. The van der Waals surface area contributed by atoms with Crippen LogP contribution in [0.15, 0.2) is 46.2 Å². The van der Waals surface area contributed by atoms with E-state index in [-0.39, 0.29) is 38.1 Å². The molecule has 11 heteroatoms. The van der Waals surface area contributed by atoms with Gasteiger partial charge in [-0.2, -0.15) is 0 Å². The fraction of sp³-hybridized carbons (Fsp3) is 0.478. The maximum Gasteiger partial charge on any atom is 0.206 e. The van der Waals surface area contributed by atoms with Crippen LogP contribution in [0.4, 0.5) is 0 Å². The van der Waals surface area contributed by atoms with Gasteiger partial charge < -0.3 is 19.3 Å². The second-order valence-electron chi connectivity index (χ2n) is 8.14. The Morgan fingerprint density at radius 3 is 2.24 bits per heavy atom. The third-order valence-corrected chi connectivity index (χ3v) is 8.04. The number of morpholine rings is 1. The number of β-amino-alcohol motifs (C(OH)–C–C–N with tert-alkyl or cyclic N) is 1. The van der Waals surface area contributed by atoms with Crippen molar-refractivity contribution >= 4 is 44.6 Å². The van der Waals surface area contributed by atoms with Crippen LogP contribution in [0.5, 0.6) is 11.5 Å². The molecule has 0 saturated carbocycles. The molecule has 34 heavy (non-hydrogen) atoms. The SMILES string of the molecule is CC(CCl)COc1c(Cl)cc(S(=O)(=O)c2ccc(OCC(O)CN3CCOCC3)cc2)cc1Cl. The first-order chi connectivity index (χ1) is 16.2. The highest BCUT2D eigenvalue weighted by Crippen LogP contribution is 2.37. The van der Waals surface area contributed by atoms with Crippen LogP contribution >= 0.6 is 34.8 Å². The third kappa shape index (κ3) is 7.37. The van der Waals surface area contributed by atoms with E-state index in [2.05, 4.69) is 4.90 Å². The molecule has 7 nitrogen and oxygen atoms in total. The molecule has 3 rings (SSSR count). The first-order valence-electron chi connectivity index (χ1n) is 10.8. The van der Waals surface area contributed by atoms with E-state index in [4.69, 9.17) is 49.0 Å². The van der Waals surface area contributed by atoms with Gasteiger partial charge >= 0.3 is 0 Å². The number of ether oxygens (including phenoxy) is 3. The molecule has 0 spiro atoms. The number of benzene rings is 2. The summed E-state index contributed by atoms with van der Waals surface area (Å²) in [4.78, 5) is 2.12. The Kier molecular flexibility index (Phi) is 10.1. The van der Waals surface area contributed by atoms with Crippen LogP contribution in [0.3, 0.4) is 0 Å². The summed E-state index contributed by atoms with van der Waals surface area (Å²) in [6, 6.07) is 8.59. The minimum Gasteiger partial charge on any atom is -0.491 e. The van der Waals surface area contributed by atoms with Crippen LogP contribution in [0.2, 0.25) is 10.0 Å². The number of hydrogen-bond acceptors (Lipinski definition) is 7. The van der Waals surface area contributed by atoms with Gasteiger partial charge in [0.15, 0.2) is 5.75 Å². The highest BCUT2D eigenvalue weighted by atomic mass is 35.5. The molecule has 1 heterocycles. The van der Waals surface area contributed by atoms with Gasteiger partial charge in [-0.15, -0.1) is 11.6 Å². The molecule has 188 valence electrons. The number of aliphatic hydroxyl groups excluding tert-OH is 1. The summed E-state index contributed by atoms with van der Waals surface area (Å²) < 4.78 is 42.7. The summed E-state index contributed by atoms with van der Waals surface area (Å²) in [6.07, 6.45) is -0.668. The number of sulfone groups is 1. The smallest absolute Gasteiger partial charge is 0.206 e. The van der Waals surface area contributed by atoms with Gasteiger partial charge in [-0.05, 0) is 36.4 Å². The molecule has 2 aromatic rings. The molecular formula is C23H28Cl3NO6S. The summed E-state index contributed by atoms with van der Waals surface area (Å²) in [5, 5.41) is 10.4. The molecule has 1 aliphatic heterocycles. The highest BCUT2D eigenvalue weighted by molar-refractivity contribution is 7.91. The summed E-state index contributed by atoms with van der Waals surface area (Å²) in [5.74, 6) is 1.17. The molecule has 1 saturated heterocycles. The van der Waals surface area contributed by atoms with Crippen molar-refractivity contribution < 1.29 is 27.7 Å². The lowest BCUT2D eigenvalue weighted by Gasteiger charge is -2.28. The van der Waals surface area contributed by atoms with Crippen molar-refractivity contribution in [2.45, 2.75) is 22.8 Å². The van der Waals surface area contributed by atoms with Crippen molar-refractivity contribution in [3.05, 3.63) is 46.4 Å². The van der Waals surface area contributed by atoms with Crippen LogP contribution < -0.4 is 9.47 Å². The van der Waals surface area contributed by atoms with Gasteiger partial charge in [-0.3, -0.25) is 4.90 Å². The molecule has 0 radical (unpaired) electrons. The van der Waals surface area contributed by atoms with Crippen molar-refractivity contribution in [3.8, 4) is 11.5 Å². The Hall–Kier alpha value is -1.26. The number of nitrogens with zero attached hydrogens (tertiary/aromatic N) is 1. The van der Waals surface area contributed by atoms with Crippen molar-refractivity contribution in [2.24, 2.45) is 5.92 Å². The molecular weight excluding hydrogens is 525 g/mol. The van der Waals surface area contributed by atoms with Crippen LogP contribution in [-0.4, -0.2) is 76.5 Å². The monoisotopic (exact) mass is 551 g/mol. The van der Waals surface area contributed by atoms with E-state index in [1.54, 1.807) is 12.1 Å². The molecule has 0 amide bonds. The summed E-state index contributed by atoms with van der Waals surface area (Å²) in [5.41, 5.74) is 0. The van der Waals surface area contributed by atoms with Gasteiger partial charge in [-0.1, -0.05) is 30.1 Å². The fourth-order valence-corrected chi connectivity index (χ4v) is 5.41. The summed E-state index contributed by atoms with van der Waals surface area (Å²) >= 11 is 18.3. The zero-order chi connectivity index (χ0) is 24.7. The number of hydrogen-bond donors (Lipinski definition) is 1. The van der Waals surface area contributed by atoms with E-state index in [1.807, 2.05) is 6.92 Å². The van der Waals surface area contributed by atoms with Crippen LogP contribution in [0.25, 0.3) is 0 Å². The first kappa shape index (κ1) is 27.3. The van der Waals surface area contributed by atoms with E-state index in [0.717, 1.165) is 13.1 Å². The van der Waals surface area contributed by atoms with Gasteiger partial charge in [0.1, 0.15) is 18.5 Å². The molecule has 2 aromatic carbocycles. The largest absolute Gasteiger partial charge is 0.491 e. The maximum absolute atomic E-state index is 13.1. The minimum atomic E-state index is -3.87. The van der Waals surface area contributed by atoms with E-state index in [9.17, 15) is 13.5 Å². The zero-order valence-corrected chi connectivity index (χ0v) is 21.8. The Morgan fingerprint density at radius 1 is 1.03 bits per heavy atom. The van der Waals surface area contributed by atoms with Crippen LogP contribution in [-0.2, 0) is 14.6 Å². The molecule has 0 aromatic heterocycles. The minimum absolute atomic E-state index is 0.0464. The average molecular weight is 553 g/mol. The fourth-order valence-electron chi connectivity index (χ4n) is 3.28. The number of halogens is 3. The quantitative estimate of drug-likeness (QED) is 0.419. The average Bonchev–Trinajstić information content (AvgIpc) is 2.82. The number of rotatable bonds is 11. The lowest BCUT2D eigenvalue weighted by molar-refractivity contribution is 0.00465. The predicted octanol–water partition coefficient (Wildman–Crippen LogP) is 4.15. The van der Waals surface area contributed by atoms with Gasteiger partial charge in [-0.25, -0.2) is 8.42 Å². The van der Waals surface area contributed by atoms with E-state index < -0.39 is 15.9 Å². The van der Waals surface area contributed by atoms with Crippen LogP contribution in [0.1, 0.15) is 6.92 Å². The molecule has 1 N–H and O–H groups in total. The molecule has 0 aliphatic carbocycles. The van der Waals surface area contributed by atoms with Gasteiger partial charge in [0.25, 0.3) is 0 Å². The standard InChI is InChI=1S/C23H28Cl3NO6S/c1-16(12-24)14-33-23-21(25)10-20(11-22(23)26)34(29,30)19-4-2-18(3-5-19)32-15-17(28)13-27-6-8-31-9-7-27/h2-5,10-11,16-17,28H,6-9,12-15H2,1H3. The molecule has 2 unspecified atom stereocenters. The molecule has 1 aliphatic rings. The highest BCUT2D eigenvalue weighted by Gasteiger charge is 2.22. The van der Waals surface area contributed by atoms with E-state index in [1.165, 1.54) is 24.3 Å². The number of aliphatic hydroxyl groups is 1. The second kappa shape index (κ2) is 12.6. The second-order valence-corrected chi connectivity index (χ2v) is 11.2. The lowest BCUT2D eigenvalue weighted by atomic mass is 10.2. The number of alkyl halides is 1. The maximum atomic E-state index is 13.1. The Balaban J connectivity index is 1.63. The predicted molar refractivity (Wildman–Crippen MR) is 132 cm³/mol. The van der Waals surface area contributed by atoms with Gasteiger partial charge in [0.2, 0.25) is 9.84 Å². The molecule has 2 atom stereocenters. The third-order valence-electron chi connectivity index (χ3n) is 5.21. The van der Waals surface area contributed by atoms with E-state index >= 15 is 0 Å². The van der Waals surface area contributed by atoms with Gasteiger partial charge in [0.05, 0.1) is 39.7 Å². The summed E-state index contributed by atoms with van der Waals surface area (Å²) in [6.45, 7) is 5.66. The van der Waals surface area contributed by atoms with Gasteiger partial charge in [0, 0.05) is 31.4 Å². The Labute approximate surface area is 215 Å². The molecule has 0 bridgehead atoms. The first-order valence-corrected chi connectivity index (χ1v) is 13.6. The topological polar surface area (TPSA) is 85.3 Å². The van der Waals surface area contributed by atoms with Crippen LogP contribution in [0, 0.1) is 5.92 Å². The summed E-state index contributed by atoms with van der Waals surface area (Å²) in [7, 11) is -3.87. The van der Waals surface area contributed by atoms with Crippen molar-refractivity contribution in [1.29, 1.82) is 0 Å². The van der Waals surface area contributed by atoms with E-state index in [0.29, 0.717) is 38.0 Å². The van der Waals surface area contributed by atoms with Crippen molar-refractivity contribution in [1.82, 2.24) is 4.90 Å². The molecule has 1 fully saturated rings.